The molecular formula is C23H38O. The van der Waals surface area contributed by atoms with Crippen LogP contribution < -0.4 is 0 Å². The first-order valence-corrected chi connectivity index (χ1v) is 10.6. The third kappa shape index (κ3) is 1.97. The summed E-state index contributed by atoms with van der Waals surface area (Å²) < 4.78 is 0. The van der Waals surface area contributed by atoms with Crippen LogP contribution in [0.25, 0.3) is 0 Å². The number of aliphatic hydroxyl groups is 1. The first-order chi connectivity index (χ1) is 11.2. The molecule has 0 aliphatic heterocycles. The Morgan fingerprint density at radius 3 is 2.38 bits per heavy atom. The molecule has 0 radical (unpaired) electrons. The van der Waals surface area contributed by atoms with Gasteiger partial charge in [-0.2, -0.15) is 0 Å². The molecule has 0 aromatic heterocycles. The number of fused-ring (bicyclic) bond motifs is 5. The zero-order valence-corrected chi connectivity index (χ0v) is 16.6. The Bertz CT molecular complexity index is 548. The minimum absolute atomic E-state index is 0.173. The molecule has 24 heavy (non-hydrogen) atoms. The van der Waals surface area contributed by atoms with Crippen LogP contribution in [-0.4, -0.2) is 10.7 Å². The van der Waals surface area contributed by atoms with Gasteiger partial charge in [-0.25, -0.2) is 0 Å². The van der Waals surface area contributed by atoms with Crippen LogP contribution in [0.1, 0.15) is 86.0 Å². The highest BCUT2D eigenvalue weighted by Crippen LogP contribution is 2.69. The summed E-state index contributed by atoms with van der Waals surface area (Å²) in [5, 5.41) is 11.3. The Hall–Kier alpha value is -0.300. The predicted octanol–water partition coefficient (Wildman–Crippen LogP) is 5.97. The highest BCUT2D eigenvalue weighted by molar-refractivity contribution is 5.18. The highest BCUT2D eigenvalue weighted by Gasteiger charge is 2.64. The molecule has 4 aliphatic carbocycles. The van der Waals surface area contributed by atoms with Crippen molar-refractivity contribution < 1.29 is 5.11 Å². The summed E-state index contributed by atoms with van der Waals surface area (Å²) in [6.45, 7) is 12.2. The molecule has 0 heterocycles. The molecule has 0 bridgehead atoms. The summed E-state index contributed by atoms with van der Waals surface area (Å²) in [4.78, 5) is 0. The number of rotatable bonds is 1. The van der Waals surface area contributed by atoms with E-state index >= 15 is 0 Å². The van der Waals surface area contributed by atoms with E-state index < -0.39 is 5.60 Å². The third-order valence-corrected chi connectivity index (χ3v) is 9.78. The summed E-state index contributed by atoms with van der Waals surface area (Å²) in [6.07, 6.45) is 14.9. The summed E-state index contributed by atoms with van der Waals surface area (Å²) in [6, 6.07) is 0. The lowest BCUT2D eigenvalue weighted by Crippen LogP contribution is -2.57. The fraction of sp³-hybridized carbons (Fsp3) is 0.913. The molecule has 0 spiro atoms. The van der Waals surface area contributed by atoms with Crippen LogP contribution in [0, 0.1) is 39.9 Å². The number of hydrogen-bond acceptors (Lipinski definition) is 1. The van der Waals surface area contributed by atoms with Gasteiger partial charge < -0.3 is 5.11 Å². The summed E-state index contributed by atoms with van der Waals surface area (Å²) in [5.41, 5.74) is 0.617. The Morgan fingerprint density at radius 1 is 0.958 bits per heavy atom. The quantitative estimate of drug-likeness (QED) is 0.587. The van der Waals surface area contributed by atoms with E-state index in [0.29, 0.717) is 10.8 Å². The molecule has 0 aromatic rings. The molecule has 0 saturated heterocycles. The number of allylic oxidation sites excluding steroid dienone is 2. The van der Waals surface area contributed by atoms with Gasteiger partial charge in [0.1, 0.15) is 0 Å². The van der Waals surface area contributed by atoms with E-state index in [1.807, 2.05) is 0 Å². The van der Waals surface area contributed by atoms with E-state index in [0.717, 1.165) is 36.5 Å². The lowest BCUT2D eigenvalue weighted by atomic mass is 9.42. The molecule has 1 unspecified atom stereocenters. The van der Waals surface area contributed by atoms with Crippen molar-refractivity contribution in [3.05, 3.63) is 12.2 Å². The SMILES string of the molecule is CC[C@@]1(O)CC[C@H]2[C@@H]3CCC4C(C)(C)C=CC[C@]4(C)[C@H]3CC[C@@]21C. The van der Waals surface area contributed by atoms with E-state index in [1.165, 1.54) is 38.5 Å². The Balaban J connectivity index is 1.68. The standard InChI is InChI=1S/C23H38O/c1-6-23(24)15-11-18-16-8-9-19-20(2,3)12-7-13-21(19,4)17(16)10-14-22(18,23)5/h7,12,16-19,24H,6,8-11,13-15H2,1-5H3/t16-,17+,18+,19?,21-,22+,23-/m1/s1. The maximum atomic E-state index is 11.3. The minimum Gasteiger partial charge on any atom is -0.389 e. The molecule has 7 atom stereocenters. The average molecular weight is 331 g/mol. The zero-order valence-electron chi connectivity index (χ0n) is 16.6. The molecule has 3 saturated carbocycles. The van der Waals surface area contributed by atoms with Crippen molar-refractivity contribution in [2.45, 2.75) is 91.6 Å². The predicted molar refractivity (Wildman–Crippen MR) is 101 cm³/mol. The molecule has 1 nitrogen and oxygen atoms in total. The smallest absolute Gasteiger partial charge is 0.0701 e. The van der Waals surface area contributed by atoms with E-state index in [-0.39, 0.29) is 5.41 Å². The van der Waals surface area contributed by atoms with Crippen LogP contribution >= 0.6 is 0 Å². The molecule has 1 heteroatoms. The fourth-order valence-corrected chi connectivity index (χ4v) is 8.40. The van der Waals surface area contributed by atoms with E-state index in [1.54, 1.807) is 0 Å². The largest absolute Gasteiger partial charge is 0.389 e. The van der Waals surface area contributed by atoms with Crippen molar-refractivity contribution in [2.75, 3.05) is 0 Å². The van der Waals surface area contributed by atoms with E-state index in [4.69, 9.17) is 0 Å². The van der Waals surface area contributed by atoms with Crippen molar-refractivity contribution in [1.82, 2.24) is 0 Å². The maximum Gasteiger partial charge on any atom is 0.0701 e. The van der Waals surface area contributed by atoms with Crippen LogP contribution in [0.3, 0.4) is 0 Å². The normalized spacial score (nSPS) is 55.6. The molecule has 3 fully saturated rings. The molecule has 0 amide bonds. The van der Waals surface area contributed by atoms with Crippen molar-refractivity contribution >= 4 is 0 Å². The third-order valence-electron chi connectivity index (χ3n) is 9.78. The van der Waals surface area contributed by atoms with Gasteiger partial charge in [0.15, 0.2) is 0 Å². The monoisotopic (exact) mass is 330 g/mol. The van der Waals surface area contributed by atoms with Crippen LogP contribution in [-0.2, 0) is 0 Å². The first-order valence-electron chi connectivity index (χ1n) is 10.6. The van der Waals surface area contributed by atoms with Gasteiger partial charge in [0.25, 0.3) is 0 Å². The van der Waals surface area contributed by atoms with Gasteiger partial charge in [0.2, 0.25) is 0 Å². The molecule has 4 aliphatic rings. The maximum absolute atomic E-state index is 11.3. The van der Waals surface area contributed by atoms with Gasteiger partial charge in [0, 0.05) is 0 Å². The second-order valence-corrected chi connectivity index (χ2v) is 10.8. The van der Waals surface area contributed by atoms with Crippen LogP contribution in [0.4, 0.5) is 0 Å². The van der Waals surface area contributed by atoms with Crippen molar-refractivity contribution in [2.24, 2.45) is 39.9 Å². The highest BCUT2D eigenvalue weighted by atomic mass is 16.3. The Morgan fingerprint density at radius 2 is 1.67 bits per heavy atom. The second-order valence-electron chi connectivity index (χ2n) is 10.8. The van der Waals surface area contributed by atoms with Crippen molar-refractivity contribution in [3.8, 4) is 0 Å². The lowest BCUT2D eigenvalue weighted by Gasteiger charge is -2.63. The zero-order chi connectivity index (χ0) is 17.4. The van der Waals surface area contributed by atoms with Gasteiger partial charge in [-0.05, 0) is 91.3 Å². The van der Waals surface area contributed by atoms with E-state index in [2.05, 4.69) is 46.8 Å². The summed E-state index contributed by atoms with van der Waals surface area (Å²) in [5.74, 6) is 3.32. The van der Waals surface area contributed by atoms with Crippen LogP contribution in [0.2, 0.25) is 0 Å². The first kappa shape index (κ1) is 17.1. The molecule has 4 rings (SSSR count). The Labute approximate surface area is 149 Å². The molecule has 1 N–H and O–H groups in total. The number of hydrogen-bond donors (Lipinski definition) is 1. The van der Waals surface area contributed by atoms with Crippen molar-refractivity contribution in [1.29, 1.82) is 0 Å². The van der Waals surface area contributed by atoms with Gasteiger partial charge in [0.05, 0.1) is 5.60 Å². The van der Waals surface area contributed by atoms with Crippen LogP contribution in [0.15, 0.2) is 12.2 Å². The molecule has 136 valence electrons. The fourth-order valence-electron chi connectivity index (χ4n) is 8.40. The molecular weight excluding hydrogens is 292 g/mol. The van der Waals surface area contributed by atoms with Gasteiger partial charge in [-0.15, -0.1) is 0 Å². The second kappa shape index (κ2) is 5.12. The molecule has 0 aromatic carbocycles. The lowest BCUT2D eigenvalue weighted by molar-refractivity contribution is -0.156. The topological polar surface area (TPSA) is 20.2 Å². The van der Waals surface area contributed by atoms with Gasteiger partial charge >= 0.3 is 0 Å². The average Bonchev–Trinajstić information content (AvgIpc) is 2.79. The minimum atomic E-state index is -0.397. The van der Waals surface area contributed by atoms with Gasteiger partial charge in [-0.3, -0.25) is 0 Å². The van der Waals surface area contributed by atoms with Gasteiger partial charge in [-0.1, -0.05) is 46.8 Å². The van der Waals surface area contributed by atoms with Crippen molar-refractivity contribution in [3.63, 3.8) is 0 Å². The summed E-state index contributed by atoms with van der Waals surface area (Å²) in [7, 11) is 0. The van der Waals surface area contributed by atoms with Crippen LogP contribution in [0.5, 0.6) is 0 Å². The summed E-state index contributed by atoms with van der Waals surface area (Å²) >= 11 is 0. The van der Waals surface area contributed by atoms with E-state index in [9.17, 15) is 5.11 Å². The Kier molecular flexibility index (Phi) is 3.65.